The summed E-state index contributed by atoms with van der Waals surface area (Å²) < 4.78 is 37.1. The topological polar surface area (TPSA) is 108 Å². The van der Waals surface area contributed by atoms with Gasteiger partial charge in [-0.3, -0.25) is 0 Å². The first kappa shape index (κ1) is 27.6. The van der Waals surface area contributed by atoms with Gasteiger partial charge in [0, 0.05) is 28.1 Å². The molecule has 0 saturated carbocycles. The standard InChI is InChI=1S/C35H27FN2O5/c1-19-14-20(2)31-21(3)33(42-30(31)15-19)35(39)41-25-12-13-26-29(16-25)43-34(38)27(17-37)32(26)22-8-10-24(11-9-22)40-18-23-6-4-5-7-28(23)36/h4-16,32H,18,38H2,1-3H3. The first-order chi connectivity index (χ1) is 20.7. The third-order valence-electron chi connectivity index (χ3n) is 7.52. The lowest BCUT2D eigenvalue weighted by Gasteiger charge is -2.26. The lowest BCUT2D eigenvalue weighted by Crippen LogP contribution is -2.21. The van der Waals surface area contributed by atoms with Crippen molar-refractivity contribution in [2.45, 2.75) is 33.3 Å². The van der Waals surface area contributed by atoms with Gasteiger partial charge in [-0.1, -0.05) is 42.5 Å². The second-order valence-corrected chi connectivity index (χ2v) is 10.5. The van der Waals surface area contributed by atoms with E-state index < -0.39 is 11.9 Å². The number of ether oxygens (including phenoxy) is 3. The molecule has 1 atom stereocenters. The van der Waals surface area contributed by atoms with Crippen LogP contribution in [0.4, 0.5) is 4.39 Å². The largest absolute Gasteiger partial charge is 0.489 e. The van der Waals surface area contributed by atoms with Crippen molar-refractivity contribution in [2.24, 2.45) is 5.73 Å². The molecule has 2 N–H and O–H groups in total. The van der Waals surface area contributed by atoms with Crippen molar-refractivity contribution in [1.82, 2.24) is 0 Å². The highest BCUT2D eigenvalue weighted by Crippen LogP contribution is 2.44. The van der Waals surface area contributed by atoms with Crippen LogP contribution in [0.2, 0.25) is 0 Å². The second-order valence-electron chi connectivity index (χ2n) is 10.5. The molecule has 8 heteroatoms. The number of nitrogens with two attached hydrogens (primary N) is 1. The molecule has 0 saturated heterocycles. The second kappa shape index (κ2) is 11.0. The number of nitriles is 1. The number of carbonyl (C=O) groups is 1. The number of allylic oxidation sites excluding steroid dienone is 1. The van der Waals surface area contributed by atoms with Crippen molar-refractivity contribution in [3.8, 4) is 23.3 Å². The van der Waals surface area contributed by atoms with E-state index in [1.807, 2.05) is 45.0 Å². The summed E-state index contributed by atoms with van der Waals surface area (Å²) in [7, 11) is 0. The normalized spacial score (nSPS) is 14.2. The summed E-state index contributed by atoms with van der Waals surface area (Å²) in [6.45, 7) is 5.86. The summed E-state index contributed by atoms with van der Waals surface area (Å²) >= 11 is 0. The molecule has 43 heavy (non-hydrogen) atoms. The maximum atomic E-state index is 14.0. The monoisotopic (exact) mass is 574 g/mol. The van der Waals surface area contributed by atoms with Gasteiger partial charge < -0.3 is 24.4 Å². The average Bonchev–Trinajstić information content (AvgIpc) is 3.32. The maximum Gasteiger partial charge on any atom is 0.379 e. The summed E-state index contributed by atoms with van der Waals surface area (Å²) in [5, 5.41) is 10.8. The van der Waals surface area contributed by atoms with E-state index in [2.05, 4.69) is 6.07 Å². The fraction of sp³-hybridized carbons (Fsp3) is 0.143. The molecular formula is C35H27FN2O5. The minimum Gasteiger partial charge on any atom is -0.489 e. The van der Waals surface area contributed by atoms with Crippen LogP contribution in [-0.4, -0.2) is 5.97 Å². The number of carbonyl (C=O) groups excluding carboxylic acids is 1. The van der Waals surface area contributed by atoms with Crippen molar-refractivity contribution in [2.75, 3.05) is 0 Å². The van der Waals surface area contributed by atoms with Crippen LogP contribution in [0.5, 0.6) is 17.2 Å². The first-order valence-corrected chi connectivity index (χ1v) is 13.6. The van der Waals surface area contributed by atoms with Gasteiger partial charge in [0.25, 0.3) is 0 Å². The van der Waals surface area contributed by atoms with E-state index in [0.29, 0.717) is 33.8 Å². The number of furan rings is 1. The molecule has 1 aliphatic rings. The van der Waals surface area contributed by atoms with E-state index in [-0.39, 0.29) is 35.4 Å². The molecular weight excluding hydrogens is 547 g/mol. The minimum atomic E-state index is -0.634. The van der Waals surface area contributed by atoms with Gasteiger partial charge in [-0.15, -0.1) is 0 Å². The van der Waals surface area contributed by atoms with Crippen LogP contribution < -0.4 is 19.9 Å². The van der Waals surface area contributed by atoms with Gasteiger partial charge in [0.15, 0.2) is 0 Å². The van der Waals surface area contributed by atoms with Gasteiger partial charge in [0.2, 0.25) is 11.6 Å². The molecule has 1 aliphatic heterocycles. The predicted molar refractivity (Wildman–Crippen MR) is 158 cm³/mol. The number of halogens is 1. The van der Waals surface area contributed by atoms with E-state index >= 15 is 0 Å². The van der Waals surface area contributed by atoms with Crippen molar-refractivity contribution >= 4 is 16.9 Å². The van der Waals surface area contributed by atoms with Crippen LogP contribution in [0.1, 0.15) is 49.9 Å². The number of esters is 1. The van der Waals surface area contributed by atoms with Crippen LogP contribution in [0.3, 0.4) is 0 Å². The van der Waals surface area contributed by atoms with Crippen LogP contribution in [0.15, 0.2) is 94.7 Å². The number of fused-ring (bicyclic) bond motifs is 2. The van der Waals surface area contributed by atoms with Crippen molar-refractivity contribution in [1.29, 1.82) is 5.26 Å². The molecule has 4 aromatic carbocycles. The molecule has 1 unspecified atom stereocenters. The number of benzene rings is 4. The fourth-order valence-electron chi connectivity index (χ4n) is 5.51. The molecule has 0 radical (unpaired) electrons. The van der Waals surface area contributed by atoms with E-state index in [1.54, 1.807) is 48.5 Å². The number of hydrogen-bond donors (Lipinski definition) is 1. The number of hydrogen-bond acceptors (Lipinski definition) is 7. The molecule has 7 nitrogen and oxygen atoms in total. The molecule has 1 aromatic heterocycles. The highest BCUT2D eigenvalue weighted by atomic mass is 19.1. The van der Waals surface area contributed by atoms with E-state index in [4.69, 9.17) is 24.4 Å². The third-order valence-corrected chi connectivity index (χ3v) is 7.52. The van der Waals surface area contributed by atoms with E-state index in [9.17, 15) is 14.4 Å². The van der Waals surface area contributed by atoms with Crippen molar-refractivity contribution in [3.63, 3.8) is 0 Å². The summed E-state index contributed by atoms with van der Waals surface area (Å²) in [6.07, 6.45) is 0. The molecule has 2 heterocycles. The van der Waals surface area contributed by atoms with Gasteiger partial charge in [-0.2, -0.15) is 5.26 Å². The molecule has 0 amide bonds. The smallest absolute Gasteiger partial charge is 0.379 e. The Morgan fingerprint density at radius 2 is 1.74 bits per heavy atom. The zero-order chi connectivity index (χ0) is 30.2. The summed E-state index contributed by atoms with van der Waals surface area (Å²) in [5.74, 6) is -0.262. The summed E-state index contributed by atoms with van der Waals surface area (Å²) in [5.41, 5.74) is 11.7. The molecule has 0 spiro atoms. The molecule has 5 aromatic rings. The maximum absolute atomic E-state index is 14.0. The third kappa shape index (κ3) is 5.17. The SMILES string of the molecule is Cc1cc(C)c2c(C)c(C(=O)Oc3ccc4c(c3)OC(N)=C(C#N)C4c3ccc(OCc4ccccc4F)cc3)oc2c1. The van der Waals surface area contributed by atoms with Gasteiger partial charge in [-0.25, -0.2) is 9.18 Å². The number of nitrogens with zero attached hydrogens (tertiary/aromatic N) is 1. The lowest BCUT2D eigenvalue weighted by atomic mass is 9.83. The molecule has 0 fully saturated rings. The lowest BCUT2D eigenvalue weighted by molar-refractivity contribution is 0.0702. The summed E-state index contributed by atoms with van der Waals surface area (Å²) in [4.78, 5) is 13.1. The molecule has 0 aliphatic carbocycles. The fourth-order valence-corrected chi connectivity index (χ4v) is 5.51. The molecule has 6 rings (SSSR count). The predicted octanol–water partition coefficient (Wildman–Crippen LogP) is 7.51. The van der Waals surface area contributed by atoms with E-state index in [0.717, 1.165) is 22.1 Å². The Morgan fingerprint density at radius 1 is 1.00 bits per heavy atom. The molecule has 214 valence electrons. The average molecular weight is 575 g/mol. The molecule has 0 bridgehead atoms. The Morgan fingerprint density at radius 3 is 2.49 bits per heavy atom. The Labute approximate surface area is 247 Å². The Hall–Kier alpha value is -5.55. The van der Waals surface area contributed by atoms with Crippen LogP contribution in [-0.2, 0) is 6.61 Å². The highest BCUT2D eigenvalue weighted by Gasteiger charge is 2.31. The minimum absolute atomic E-state index is 0.0395. The van der Waals surface area contributed by atoms with Gasteiger partial charge in [0.05, 0.1) is 5.92 Å². The zero-order valence-corrected chi connectivity index (χ0v) is 23.7. The van der Waals surface area contributed by atoms with Crippen molar-refractivity contribution in [3.05, 3.63) is 135 Å². The summed E-state index contributed by atoms with van der Waals surface area (Å²) in [6, 6.07) is 24.6. The quantitative estimate of drug-likeness (QED) is 0.165. The zero-order valence-electron chi connectivity index (χ0n) is 23.7. The van der Waals surface area contributed by atoms with Crippen LogP contribution >= 0.6 is 0 Å². The van der Waals surface area contributed by atoms with Crippen LogP contribution in [0.25, 0.3) is 11.0 Å². The Kier molecular flexibility index (Phi) is 7.08. The van der Waals surface area contributed by atoms with Gasteiger partial charge in [-0.05, 0) is 67.8 Å². The first-order valence-electron chi connectivity index (χ1n) is 13.6. The Balaban J connectivity index is 1.25. The van der Waals surface area contributed by atoms with Gasteiger partial charge >= 0.3 is 5.97 Å². The van der Waals surface area contributed by atoms with Crippen LogP contribution in [0, 0.1) is 37.9 Å². The van der Waals surface area contributed by atoms with Crippen molar-refractivity contribution < 1.29 is 27.8 Å². The number of aryl methyl sites for hydroxylation is 3. The highest BCUT2D eigenvalue weighted by molar-refractivity contribution is 5.98. The number of rotatable bonds is 6. The van der Waals surface area contributed by atoms with Gasteiger partial charge in [0.1, 0.15) is 46.9 Å². The Bertz CT molecular complexity index is 1970. The van der Waals surface area contributed by atoms with E-state index in [1.165, 1.54) is 6.07 Å².